The Labute approximate surface area is 138 Å². The van der Waals surface area contributed by atoms with Gasteiger partial charge in [-0.15, -0.1) is 0 Å². The van der Waals surface area contributed by atoms with Gasteiger partial charge in [0, 0.05) is 11.8 Å². The molecular formula is C17H15ClFNO3. The molecule has 0 heterocycles. The average molecular weight is 336 g/mol. The van der Waals surface area contributed by atoms with Crippen molar-refractivity contribution in [2.75, 3.05) is 19.5 Å². The molecule has 4 nitrogen and oxygen atoms in total. The van der Waals surface area contributed by atoms with Gasteiger partial charge in [0.15, 0.2) is 0 Å². The summed E-state index contributed by atoms with van der Waals surface area (Å²) >= 11 is 5.67. The van der Waals surface area contributed by atoms with Crippen LogP contribution in [0.25, 0.3) is 6.08 Å². The van der Waals surface area contributed by atoms with Crippen molar-refractivity contribution >= 4 is 29.3 Å². The van der Waals surface area contributed by atoms with E-state index in [1.807, 2.05) is 0 Å². The van der Waals surface area contributed by atoms with E-state index in [1.54, 1.807) is 24.3 Å². The van der Waals surface area contributed by atoms with Crippen molar-refractivity contribution < 1.29 is 18.7 Å². The highest BCUT2D eigenvalue weighted by Crippen LogP contribution is 2.29. The van der Waals surface area contributed by atoms with Crippen LogP contribution in [-0.4, -0.2) is 20.1 Å². The second-order valence-corrected chi connectivity index (χ2v) is 4.93. The maximum absolute atomic E-state index is 13.1. The Hall–Kier alpha value is -2.53. The van der Waals surface area contributed by atoms with Crippen molar-refractivity contribution in [1.82, 2.24) is 0 Å². The Balaban J connectivity index is 2.16. The van der Waals surface area contributed by atoms with Gasteiger partial charge in [-0.2, -0.15) is 0 Å². The van der Waals surface area contributed by atoms with Gasteiger partial charge < -0.3 is 14.8 Å². The van der Waals surface area contributed by atoms with E-state index in [0.29, 0.717) is 22.7 Å². The Morgan fingerprint density at radius 3 is 2.39 bits per heavy atom. The van der Waals surface area contributed by atoms with Crippen LogP contribution in [0.5, 0.6) is 11.5 Å². The number of ether oxygens (including phenoxy) is 2. The molecule has 2 aromatic rings. The normalized spacial score (nSPS) is 10.6. The van der Waals surface area contributed by atoms with Crippen molar-refractivity contribution in [2.24, 2.45) is 0 Å². The molecule has 120 valence electrons. The van der Waals surface area contributed by atoms with E-state index in [9.17, 15) is 9.18 Å². The SMILES string of the molecule is COc1cccc(OC)c1/C=C/C(=O)Nc1ccc(F)c(Cl)c1. The standard InChI is InChI=1S/C17H15ClFNO3/c1-22-15-4-3-5-16(23-2)12(15)7-9-17(21)20-11-6-8-14(19)13(18)10-11/h3-10H,1-2H3,(H,20,21)/b9-7+. The Bertz CT molecular complexity index is 724. The molecule has 1 amide bonds. The molecule has 0 radical (unpaired) electrons. The molecule has 2 aromatic carbocycles. The minimum atomic E-state index is -0.543. The maximum atomic E-state index is 13.1. The van der Waals surface area contributed by atoms with Crippen LogP contribution in [0.2, 0.25) is 5.02 Å². The van der Waals surface area contributed by atoms with E-state index in [1.165, 1.54) is 38.5 Å². The lowest BCUT2D eigenvalue weighted by Crippen LogP contribution is -2.07. The second-order valence-electron chi connectivity index (χ2n) is 4.53. The average Bonchev–Trinajstić information content (AvgIpc) is 2.55. The van der Waals surface area contributed by atoms with Gasteiger partial charge in [-0.25, -0.2) is 4.39 Å². The number of methoxy groups -OCH3 is 2. The Morgan fingerprint density at radius 2 is 1.83 bits per heavy atom. The summed E-state index contributed by atoms with van der Waals surface area (Å²) in [7, 11) is 3.07. The van der Waals surface area contributed by atoms with Crippen LogP contribution in [0.15, 0.2) is 42.5 Å². The minimum Gasteiger partial charge on any atom is -0.496 e. The highest BCUT2D eigenvalue weighted by atomic mass is 35.5. The summed E-state index contributed by atoms with van der Waals surface area (Å²) in [6.45, 7) is 0. The third-order valence-corrected chi connectivity index (χ3v) is 3.34. The fourth-order valence-electron chi connectivity index (χ4n) is 1.96. The Morgan fingerprint density at radius 1 is 1.17 bits per heavy atom. The lowest BCUT2D eigenvalue weighted by molar-refractivity contribution is -0.111. The number of carbonyl (C=O) groups is 1. The molecule has 0 aromatic heterocycles. The quantitative estimate of drug-likeness (QED) is 0.835. The van der Waals surface area contributed by atoms with Crippen molar-refractivity contribution in [2.45, 2.75) is 0 Å². The topological polar surface area (TPSA) is 47.6 Å². The largest absolute Gasteiger partial charge is 0.496 e. The van der Waals surface area contributed by atoms with Crippen LogP contribution >= 0.6 is 11.6 Å². The lowest BCUT2D eigenvalue weighted by atomic mass is 10.1. The summed E-state index contributed by atoms with van der Waals surface area (Å²) < 4.78 is 23.6. The molecule has 0 atom stereocenters. The van der Waals surface area contributed by atoms with Crippen LogP contribution in [0.3, 0.4) is 0 Å². The van der Waals surface area contributed by atoms with E-state index in [2.05, 4.69) is 5.32 Å². The van der Waals surface area contributed by atoms with Gasteiger partial charge in [-0.1, -0.05) is 17.7 Å². The number of hydrogen-bond acceptors (Lipinski definition) is 3. The zero-order chi connectivity index (χ0) is 16.8. The first kappa shape index (κ1) is 16.8. The summed E-state index contributed by atoms with van der Waals surface area (Å²) in [4.78, 5) is 12.0. The predicted molar refractivity (Wildman–Crippen MR) is 88.6 cm³/mol. The molecule has 0 saturated heterocycles. The lowest BCUT2D eigenvalue weighted by Gasteiger charge is -2.09. The Kier molecular flexibility index (Phi) is 5.60. The molecule has 0 unspecified atom stereocenters. The third-order valence-electron chi connectivity index (χ3n) is 3.05. The molecule has 0 bridgehead atoms. The molecule has 0 saturated carbocycles. The van der Waals surface area contributed by atoms with Crippen LogP contribution < -0.4 is 14.8 Å². The summed E-state index contributed by atoms with van der Waals surface area (Å²) in [5.41, 5.74) is 1.04. The summed E-state index contributed by atoms with van der Waals surface area (Å²) in [6.07, 6.45) is 2.91. The van der Waals surface area contributed by atoms with E-state index < -0.39 is 5.82 Å². The first-order chi connectivity index (χ1) is 11.0. The summed E-state index contributed by atoms with van der Waals surface area (Å²) in [6, 6.07) is 9.27. The second kappa shape index (κ2) is 7.65. The van der Waals surface area contributed by atoms with E-state index in [0.717, 1.165) is 0 Å². The van der Waals surface area contributed by atoms with Crippen LogP contribution in [-0.2, 0) is 4.79 Å². The number of halogens is 2. The van der Waals surface area contributed by atoms with Crippen LogP contribution in [0.1, 0.15) is 5.56 Å². The highest BCUT2D eigenvalue weighted by molar-refractivity contribution is 6.31. The van der Waals surface area contributed by atoms with Gasteiger partial charge in [0.05, 0.1) is 24.8 Å². The van der Waals surface area contributed by atoms with E-state index >= 15 is 0 Å². The van der Waals surface area contributed by atoms with E-state index in [-0.39, 0.29) is 10.9 Å². The van der Waals surface area contributed by atoms with E-state index in [4.69, 9.17) is 21.1 Å². The molecule has 0 aliphatic heterocycles. The molecular weight excluding hydrogens is 321 g/mol. The van der Waals surface area contributed by atoms with Crippen molar-refractivity contribution in [3.8, 4) is 11.5 Å². The number of nitrogens with one attached hydrogen (secondary N) is 1. The van der Waals surface area contributed by atoms with Crippen molar-refractivity contribution in [3.05, 3.63) is 58.9 Å². The fourth-order valence-corrected chi connectivity index (χ4v) is 2.14. The number of carbonyl (C=O) groups excluding carboxylic acids is 1. The zero-order valence-corrected chi connectivity index (χ0v) is 13.4. The molecule has 0 aliphatic rings. The van der Waals surface area contributed by atoms with Gasteiger partial charge in [-0.3, -0.25) is 4.79 Å². The summed E-state index contributed by atoms with van der Waals surface area (Å²) in [5.74, 6) is 0.232. The number of rotatable bonds is 5. The molecule has 0 fully saturated rings. The molecule has 0 spiro atoms. The first-order valence-electron chi connectivity index (χ1n) is 6.70. The van der Waals surface area contributed by atoms with Gasteiger partial charge in [0.25, 0.3) is 0 Å². The number of amides is 1. The van der Waals surface area contributed by atoms with Crippen molar-refractivity contribution in [3.63, 3.8) is 0 Å². The highest BCUT2D eigenvalue weighted by Gasteiger charge is 2.08. The van der Waals surface area contributed by atoms with Crippen LogP contribution in [0.4, 0.5) is 10.1 Å². The molecule has 23 heavy (non-hydrogen) atoms. The molecule has 1 N–H and O–H groups in total. The summed E-state index contributed by atoms with van der Waals surface area (Å²) in [5, 5.41) is 2.54. The molecule has 0 aliphatic carbocycles. The zero-order valence-electron chi connectivity index (χ0n) is 12.6. The fraction of sp³-hybridized carbons (Fsp3) is 0.118. The van der Waals surface area contributed by atoms with Gasteiger partial charge in [0.2, 0.25) is 5.91 Å². The molecule has 6 heteroatoms. The van der Waals surface area contributed by atoms with Crippen molar-refractivity contribution in [1.29, 1.82) is 0 Å². The number of anilines is 1. The predicted octanol–water partition coefficient (Wildman–Crippen LogP) is 4.15. The maximum Gasteiger partial charge on any atom is 0.248 e. The number of benzene rings is 2. The minimum absolute atomic E-state index is 0.0572. The monoisotopic (exact) mass is 335 g/mol. The van der Waals surface area contributed by atoms with Crippen LogP contribution in [0, 0.1) is 5.82 Å². The smallest absolute Gasteiger partial charge is 0.248 e. The van der Waals surface area contributed by atoms with Gasteiger partial charge in [-0.05, 0) is 36.4 Å². The first-order valence-corrected chi connectivity index (χ1v) is 7.08. The third kappa shape index (κ3) is 4.23. The van der Waals surface area contributed by atoms with Gasteiger partial charge in [0.1, 0.15) is 17.3 Å². The number of hydrogen-bond donors (Lipinski definition) is 1. The molecule has 2 rings (SSSR count). The van der Waals surface area contributed by atoms with Gasteiger partial charge >= 0.3 is 0 Å².